The minimum atomic E-state index is -4.58. The summed E-state index contributed by atoms with van der Waals surface area (Å²) in [6.07, 6.45) is 4.88. The van der Waals surface area contributed by atoms with Gasteiger partial charge in [0.15, 0.2) is 0 Å². The second-order valence-electron chi connectivity index (χ2n) is 13.4. The van der Waals surface area contributed by atoms with Crippen LogP contribution in [-0.4, -0.2) is 45.5 Å². The average molecular weight is 610 g/mol. The summed E-state index contributed by atoms with van der Waals surface area (Å²) in [6.45, 7) is 3.11. The fraction of sp³-hybridized carbons (Fsp3) is 0.545. The number of carbonyl (C=O) groups is 1. The lowest BCUT2D eigenvalue weighted by Gasteiger charge is -2.42. The number of carbonyl (C=O) groups excluding carboxylic acids is 1. The zero-order valence-corrected chi connectivity index (χ0v) is 25.2. The van der Waals surface area contributed by atoms with Crippen molar-refractivity contribution in [3.05, 3.63) is 70.3 Å². The molecule has 7 rings (SSSR count). The van der Waals surface area contributed by atoms with Crippen LogP contribution < -0.4 is 15.0 Å². The Bertz CT molecular complexity index is 1570. The van der Waals surface area contributed by atoms with Crippen molar-refractivity contribution in [3.63, 3.8) is 0 Å². The van der Waals surface area contributed by atoms with Gasteiger partial charge in [0.2, 0.25) is 0 Å². The van der Waals surface area contributed by atoms with Gasteiger partial charge in [-0.05, 0) is 92.8 Å². The zero-order valence-electron chi connectivity index (χ0n) is 25.2. The van der Waals surface area contributed by atoms with Crippen LogP contribution in [0.5, 0.6) is 5.75 Å². The molecule has 0 atom stereocenters. The maximum atomic E-state index is 14.4. The largest absolute Gasteiger partial charge is 0.490 e. The van der Waals surface area contributed by atoms with E-state index in [0.29, 0.717) is 36.6 Å². The molecule has 0 radical (unpaired) electrons. The van der Waals surface area contributed by atoms with E-state index in [2.05, 4.69) is 22.4 Å². The van der Waals surface area contributed by atoms with Crippen LogP contribution in [-0.2, 0) is 42.9 Å². The van der Waals surface area contributed by atoms with Gasteiger partial charge in [-0.1, -0.05) is 0 Å². The molecule has 2 aliphatic carbocycles. The molecular formula is C33H38F3N5O3. The normalized spacial score (nSPS) is 20.8. The minimum Gasteiger partial charge on any atom is -0.490 e. The Morgan fingerprint density at radius 3 is 2.48 bits per heavy atom. The number of anilines is 1. The van der Waals surface area contributed by atoms with Gasteiger partial charge >= 0.3 is 6.18 Å². The van der Waals surface area contributed by atoms with Gasteiger partial charge < -0.3 is 24.3 Å². The fourth-order valence-corrected chi connectivity index (χ4v) is 7.03. The zero-order chi connectivity index (χ0) is 30.7. The van der Waals surface area contributed by atoms with E-state index in [4.69, 9.17) is 9.47 Å². The predicted molar refractivity (Wildman–Crippen MR) is 158 cm³/mol. The average Bonchev–Trinajstić information content (AvgIpc) is 3.68. The van der Waals surface area contributed by atoms with E-state index in [0.717, 1.165) is 56.3 Å². The molecule has 0 spiro atoms. The van der Waals surface area contributed by atoms with E-state index in [9.17, 15) is 18.0 Å². The Balaban J connectivity index is 1.25. The van der Waals surface area contributed by atoms with Gasteiger partial charge in [-0.25, -0.2) is 0 Å². The van der Waals surface area contributed by atoms with Crippen LogP contribution >= 0.6 is 0 Å². The van der Waals surface area contributed by atoms with Crippen LogP contribution in [0.25, 0.3) is 0 Å². The summed E-state index contributed by atoms with van der Waals surface area (Å²) in [5, 5.41) is 11.7. The molecule has 3 fully saturated rings. The van der Waals surface area contributed by atoms with Crippen molar-refractivity contribution in [1.29, 1.82) is 0 Å². The monoisotopic (exact) mass is 609 g/mol. The van der Waals surface area contributed by atoms with Crippen molar-refractivity contribution in [2.24, 2.45) is 7.05 Å². The summed E-state index contributed by atoms with van der Waals surface area (Å²) in [5.41, 5.74) is 0.791. The van der Waals surface area contributed by atoms with Gasteiger partial charge in [0.25, 0.3) is 5.91 Å². The molecule has 3 aromatic rings. The van der Waals surface area contributed by atoms with E-state index in [1.165, 1.54) is 11.0 Å². The predicted octanol–water partition coefficient (Wildman–Crippen LogP) is 5.86. The first-order valence-corrected chi connectivity index (χ1v) is 15.5. The quantitative estimate of drug-likeness (QED) is 0.328. The van der Waals surface area contributed by atoms with Crippen molar-refractivity contribution in [2.75, 3.05) is 18.1 Å². The highest BCUT2D eigenvalue weighted by Crippen LogP contribution is 2.44. The van der Waals surface area contributed by atoms with E-state index in [-0.39, 0.29) is 35.9 Å². The molecule has 2 saturated carbocycles. The molecule has 1 saturated heterocycles. The molecule has 1 N–H and O–H groups in total. The first-order valence-electron chi connectivity index (χ1n) is 15.5. The van der Waals surface area contributed by atoms with Crippen LogP contribution in [0.3, 0.4) is 0 Å². The molecule has 8 nitrogen and oxygen atoms in total. The van der Waals surface area contributed by atoms with Crippen molar-refractivity contribution in [1.82, 2.24) is 20.1 Å². The third kappa shape index (κ3) is 5.38. The van der Waals surface area contributed by atoms with Crippen LogP contribution in [0.4, 0.5) is 18.9 Å². The Labute approximate surface area is 254 Å². The van der Waals surface area contributed by atoms with E-state index < -0.39 is 23.1 Å². The number of halogens is 3. The number of nitrogens with zero attached hydrogens (tertiary/aromatic N) is 4. The first-order chi connectivity index (χ1) is 21.0. The van der Waals surface area contributed by atoms with Gasteiger partial charge in [0.05, 0.1) is 31.4 Å². The number of aromatic nitrogens is 3. The van der Waals surface area contributed by atoms with Crippen LogP contribution in [0, 0.1) is 0 Å². The summed E-state index contributed by atoms with van der Waals surface area (Å²) in [4.78, 5) is 15.4. The van der Waals surface area contributed by atoms with Crippen molar-refractivity contribution in [3.8, 4) is 5.75 Å². The molecule has 1 amide bonds. The molecule has 11 heteroatoms. The Kier molecular flexibility index (Phi) is 7.23. The topological polar surface area (TPSA) is 81.5 Å². The Hall–Kier alpha value is -3.44. The first kappa shape index (κ1) is 29.3. The second-order valence-corrected chi connectivity index (χ2v) is 13.4. The number of nitrogens with one attached hydrogen (secondary N) is 1. The summed E-state index contributed by atoms with van der Waals surface area (Å²) in [5.74, 6) is 0.985. The number of hydrogen-bond donors (Lipinski definition) is 1. The molecule has 0 bridgehead atoms. The van der Waals surface area contributed by atoms with Gasteiger partial charge in [0, 0.05) is 48.3 Å². The molecule has 3 heterocycles. The van der Waals surface area contributed by atoms with Crippen LogP contribution in [0.2, 0.25) is 0 Å². The maximum Gasteiger partial charge on any atom is 0.416 e. The highest BCUT2D eigenvalue weighted by molar-refractivity contribution is 6.10. The van der Waals surface area contributed by atoms with Crippen molar-refractivity contribution >= 4 is 11.6 Å². The lowest BCUT2D eigenvalue weighted by Crippen LogP contribution is -2.49. The molecule has 4 aliphatic rings. The number of amides is 1. The maximum absolute atomic E-state index is 14.4. The molecule has 2 aliphatic heterocycles. The highest BCUT2D eigenvalue weighted by Gasteiger charge is 2.44. The third-order valence-corrected chi connectivity index (χ3v) is 10.1. The summed E-state index contributed by atoms with van der Waals surface area (Å²) >= 11 is 0. The number of ether oxygens (including phenoxy) is 2. The van der Waals surface area contributed by atoms with Crippen molar-refractivity contribution < 1.29 is 27.4 Å². The number of hydrogen-bond acceptors (Lipinski definition) is 6. The number of fused-ring (bicyclic) bond motifs is 1. The van der Waals surface area contributed by atoms with E-state index in [1.807, 2.05) is 23.7 Å². The summed E-state index contributed by atoms with van der Waals surface area (Å²) in [6, 6.07) is 8.56. The highest BCUT2D eigenvalue weighted by atomic mass is 19.4. The SMILES string of the molecule is Cn1cnnc1CC1(c2cc(OC3CCCC3)cc(N3Cc4c(cc(CNC5(C)CCC5)cc4C(F)(F)F)C3=O)c2)COC1. The van der Waals surface area contributed by atoms with Gasteiger partial charge in [-0.15, -0.1) is 10.2 Å². The lowest BCUT2D eigenvalue weighted by molar-refractivity contribution is -0.138. The molecule has 234 valence electrons. The standard InChI is InChI=1S/C33H38F3N5O3/c1-31(8-5-9-31)37-16-21-10-26-27(28(11-21)33(34,35)36)17-41(30(26)42)23-12-22(13-25(14-23)44-24-6-3-4-7-24)32(18-43-19-32)15-29-39-38-20-40(29)2/h10-14,20,24,37H,3-9,15-19H2,1-2H3. The molecule has 0 unspecified atom stereocenters. The number of aryl methyl sites for hydroxylation is 1. The Morgan fingerprint density at radius 2 is 1.86 bits per heavy atom. The molecule has 44 heavy (non-hydrogen) atoms. The summed E-state index contributed by atoms with van der Waals surface area (Å²) in [7, 11) is 1.89. The lowest BCUT2D eigenvalue weighted by atomic mass is 9.75. The van der Waals surface area contributed by atoms with E-state index >= 15 is 0 Å². The molecule has 1 aromatic heterocycles. The smallest absolute Gasteiger partial charge is 0.416 e. The summed E-state index contributed by atoms with van der Waals surface area (Å²) < 4.78 is 57.2. The molecule has 2 aromatic carbocycles. The van der Waals surface area contributed by atoms with Crippen molar-refractivity contribution in [2.45, 2.75) is 94.6 Å². The van der Waals surface area contributed by atoms with Gasteiger partial charge in [-0.3, -0.25) is 4.79 Å². The minimum absolute atomic E-state index is 0.0190. The number of alkyl halides is 3. The van der Waals surface area contributed by atoms with Crippen LogP contribution in [0.15, 0.2) is 36.7 Å². The fourth-order valence-electron chi connectivity index (χ4n) is 7.03. The Morgan fingerprint density at radius 1 is 1.09 bits per heavy atom. The third-order valence-electron chi connectivity index (χ3n) is 10.1. The van der Waals surface area contributed by atoms with Gasteiger partial charge in [-0.2, -0.15) is 13.2 Å². The number of rotatable bonds is 9. The van der Waals surface area contributed by atoms with E-state index in [1.54, 1.807) is 18.5 Å². The second kappa shape index (κ2) is 10.9. The molecular weight excluding hydrogens is 571 g/mol. The number of benzene rings is 2. The van der Waals surface area contributed by atoms with Gasteiger partial charge in [0.1, 0.15) is 17.9 Å². The van der Waals surface area contributed by atoms with Crippen LogP contribution in [0.1, 0.15) is 90.3 Å².